The topological polar surface area (TPSA) is 42.9 Å². The molecular formula is C20H36IN5S. The molecule has 0 amide bonds. The van der Waals surface area contributed by atoms with Gasteiger partial charge in [-0.15, -0.1) is 35.7 Å². The number of hydrogen-bond donors (Lipinski definition) is 2. The number of piperazine rings is 1. The Morgan fingerprint density at radius 1 is 1.15 bits per heavy atom. The summed E-state index contributed by atoms with van der Waals surface area (Å²) in [6.45, 7) is 9.94. The number of guanidine groups is 1. The quantitative estimate of drug-likeness (QED) is 0.187. The average molecular weight is 506 g/mol. The first kappa shape index (κ1) is 24.5. The van der Waals surface area contributed by atoms with Crippen molar-refractivity contribution in [1.82, 2.24) is 20.4 Å². The zero-order valence-electron chi connectivity index (χ0n) is 17.3. The molecule has 0 radical (unpaired) electrons. The molecule has 27 heavy (non-hydrogen) atoms. The van der Waals surface area contributed by atoms with E-state index >= 15 is 0 Å². The highest BCUT2D eigenvalue weighted by molar-refractivity contribution is 14.0. The first-order chi connectivity index (χ1) is 12.6. The van der Waals surface area contributed by atoms with Gasteiger partial charge in [0.05, 0.1) is 0 Å². The average Bonchev–Trinajstić information content (AvgIpc) is 2.66. The Bertz CT molecular complexity index is 573. The van der Waals surface area contributed by atoms with Gasteiger partial charge in [0.2, 0.25) is 0 Å². The number of rotatable bonds is 8. The van der Waals surface area contributed by atoms with Crippen LogP contribution < -0.4 is 10.6 Å². The Morgan fingerprint density at radius 2 is 1.89 bits per heavy atom. The van der Waals surface area contributed by atoms with E-state index in [1.165, 1.54) is 61.6 Å². The number of likely N-dealkylation sites (N-methyl/N-ethyl adjacent to an activating group) is 1. The molecule has 5 nitrogen and oxygen atoms in total. The van der Waals surface area contributed by atoms with Crippen LogP contribution in [0.2, 0.25) is 0 Å². The monoisotopic (exact) mass is 505 g/mol. The minimum absolute atomic E-state index is 0. The first-order valence-electron chi connectivity index (χ1n) is 9.61. The summed E-state index contributed by atoms with van der Waals surface area (Å²) in [7, 11) is 4.04. The molecule has 7 heteroatoms. The number of aryl methyl sites for hydroxylation is 1. The van der Waals surface area contributed by atoms with E-state index < -0.39 is 0 Å². The van der Waals surface area contributed by atoms with Crippen molar-refractivity contribution in [3.05, 3.63) is 29.3 Å². The van der Waals surface area contributed by atoms with Crippen LogP contribution in [0.4, 0.5) is 0 Å². The van der Waals surface area contributed by atoms with Crippen LogP contribution in [0.1, 0.15) is 24.0 Å². The van der Waals surface area contributed by atoms with Gasteiger partial charge in [-0.2, -0.15) is 0 Å². The molecule has 0 aromatic heterocycles. The normalized spacial score (nSPS) is 16.1. The lowest BCUT2D eigenvalue weighted by molar-refractivity contribution is 0.152. The van der Waals surface area contributed by atoms with Crippen molar-refractivity contribution in [3.63, 3.8) is 0 Å². The van der Waals surface area contributed by atoms with E-state index in [0.29, 0.717) is 0 Å². The standard InChI is InChI=1S/C20H35N5S.HI/c1-17-7-8-18(19(15-17)26-4)16-23-20(21-2)22-9-5-6-10-25-13-11-24(3)12-14-25;/h7-8,15H,5-6,9-14,16H2,1-4H3,(H2,21,22,23);1H. The third-order valence-corrected chi connectivity index (χ3v) is 5.72. The first-order valence-corrected chi connectivity index (χ1v) is 10.8. The van der Waals surface area contributed by atoms with Gasteiger partial charge in [0.1, 0.15) is 0 Å². The number of halogens is 1. The van der Waals surface area contributed by atoms with E-state index in [1.54, 1.807) is 11.8 Å². The number of thioether (sulfide) groups is 1. The Labute approximate surface area is 186 Å². The smallest absolute Gasteiger partial charge is 0.191 e. The van der Waals surface area contributed by atoms with Gasteiger partial charge in [-0.1, -0.05) is 12.1 Å². The van der Waals surface area contributed by atoms with Gasteiger partial charge < -0.3 is 20.4 Å². The summed E-state index contributed by atoms with van der Waals surface area (Å²) in [5.41, 5.74) is 2.63. The zero-order valence-corrected chi connectivity index (χ0v) is 20.4. The molecule has 1 aromatic carbocycles. The molecule has 0 atom stereocenters. The van der Waals surface area contributed by atoms with E-state index in [4.69, 9.17) is 0 Å². The summed E-state index contributed by atoms with van der Waals surface area (Å²) in [6, 6.07) is 6.62. The number of nitrogens with zero attached hydrogens (tertiary/aromatic N) is 3. The molecule has 0 aliphatic carbocycles. The predicted molar refractivity (Wildman–Crippen MR) is 130 cm³/mol. The molecule has 0 unspecified atom stereocenters. The van der Waals surface area contributed by atoms with E-state index in [9.17, 15) is 0 Å². The van der Waals surface area contributed by atoms with Crippen LogP contribution in [0.3, 0.4) is 0 Å². The van der Waals surface area contributed by atoms with Crippen LogP contribution in [0, 0.1) is 6.92 Å². The van der Waals surface area contributed by atoms with Crippen molar-refractivity contribution < 1.29 is 0 Å². The zero-order chi connectivity index (χ0) is 18.8. The van der Waals surface area contributed by atoms with Crippen LogP contribution in [0.15, 0.2) is 28.1 Å². The Kier molecular flexibility index (Phi) is 12.4. The number of nitrogens with one attached hydrogen (secondary N) is 2. The molecule has 1 aromatic rings. The molecule has 0 bridgehead atoms. The molecule has 2 rings (SSSR count). The van der Waals surface area contributed by atoms with Crippen LogP contribution in [0.5, 0.6) is 0 Å². The molecule has 0 spiro atoms. The van der Waals surface area contributed by atoms with E-state index in [1.807, 2.05) is 7.05 Å². The Morgan fingerprint density at radius 3 is 2.56 bits per heavy atom. The lowest BCUT2D eigenvalue weighted by Crippen LogP contribution is -2.44. The van der Waals surface area contributed by atoms with Crippen molar-refractivity contribution in [2.24, 2.45) is 4.99 Å². The molecule has 1 fully saturated rings. The second-order valence-corrected chi connectivity index (χ2v) is 7.87. The van der Waals surface area contributed by atoms with Crippen molar-refractivity contribution in [2.75, 3.05) is 59.6 Å². The fourth-order valence-corrected chi connectivity index (χ4v) is 3.84. The Balaban J connectivity index is 0.00000364. The summed E-state index contributed by atoms with van der Waals surface area (Å²) in [5, 5.41) is 6.87. The molecule has 1 heterocycles. The van der Waals surface area contributed by atoms with E-state index in [2.05, 4.69) is 63.9 Å². The van der Waals surface area contributed by atoms with Gasteiger partial charge >= 0.3 is 0 Å². The van der Waals surface area contributed by atoms with E-state index in [-0.39, 0.29) is 24.0 Å². The predicted octanol–water partition coefficient (Wildman–Crippen LogP) is 3.03. The van der Waals surface area contributed by atoms with Gasteiger partial charge in [0.25, 0.3) is 0 Å². The highest BCUT2D eigenvalue weighted by Gasteiger charge is 2.12. The molecule has 1 aliphatic heterocycles. The number of aliphatic imine (C=N–C) groups is 1. The van der Waals surface area contributed by atoms with Crippen molar-refractivity contribution in [3.8, 4) is 0 Å². The minimum atomic E-state index is 0. The molecule has 1 aliphatic rings. The highest BCUT2D eigenvalue weighted by atomic mass is 127. The maximum absolute atomic E-state index is 4.34. The third-order valence-electron chi connectivity index (χ3n) is 4.90. The van der Waals surface area contributed by atoms with Gasteiger partial charge in [0.15, 0.2) is 5.96 Å². The Hall–Kier alpha value is -0.510. The number of benzene rings is 1. The molecule has 154 valence electrons. The fourth-order valence-electron chi connectivity index (χ4n) is 3.14. The summed E-state index contributed by atoms with van der Waals surface area (Å²) in [5.74, 6) is 0.886. The second kappa shape index (κ2) is 13.6. The summed E-state index contributed by atoms with van der Waals surface area (Å²) >= 11 is 1.80. The lowest BCUT2D eigenvalue weighted by atomic mass is 10.1. The van der Waals surface area contributed by atoms with Crippen LogP contribution in [-0.4, -0.2) is 75.4 Å². The summed E-state index contributed by atoms with van der Waals surface area (Å²) in [4.78, 5) is 10.7. The minimum Gasteiger partial charge on any atom is -0.356 e. The van der Waals surface area contributed by atoms with Crippen molar-refractivity contribution >= 4 is 41.7 Å². The van der Waals surface area contributed by atoms with Gasteiger partial charge in [-0.25, -0.2) is 0 Å². The number of hydrogen-bond acceptors (Lipinski definition) is 4. The highest BCUT2D eigenvalue weighted by Crippen LogP contribution is 2.21. The maximum atomic E-state index is 4.34. The van der Waals surface area contributed by atoms with Crippen molar-refractivity contribution in [2.45, 2.75) is 31.2 Å². The van der Waals surface area contributed by atoms with Crippen LogP contribution in [0.25, 0.3) is 0 Å². The summed E-state index contributed by atoms with van der Waals surface area (Å²) < 4.78 is 0. The molecule has 0 saturated carbocycles. The third kappa shape index (κ3) is 9.02. The van der Waals surface area contributed by atoms with Gasteiger partial charge in [-0.3, -0.25) is 4.99 Å². The van der Waals surface area contributed by atoms with Gasteiger partial charge in [0, 0.05) is 51.2 Å². The maximum Gasteiger partial charge on any atom is 0.191 e. The SMILES string of the molecule is CN=C(NCCCCN1CCN(C)CC1)NCc1ccc(C)cc1SC.I. The van der Waals surface area contributed by atoms with Crippen molar-refractivity contribution in [1.29, 1.82) is 0 Å². The number of unbranched alkanes of at least 4 members (excludes halogenated alkanes) is 1. The fraction of sp³-hybridized carbons (Fsp3) is 0.650. The second-order valence-electron chi connectivity index (χ2n) is 7.02. The van der Waals surface area contributed by atoms with Crippen LogP contribution >= 0.6 is 35.7 Å². The van der Waals surface area contributed by atoms with Crippen LogP contribution in [-0.2, 0) is 6.54 Å². The van der Waals surface area contributed by atoms with E-state index in [0.717, 1.165) is 19.0 Å². The molecule has 1 saturated heterocycles. The molecule has 2 N–H and O–H groups in total. The molecular weight excluding hydrogens is 469 g/mol. The lowest BCUT2D eigenvalue weighted by Gasteiger charge is -2.32. The summed E-state index contributed by atoms with van der Waals surface area (Å²) in [6.07, 6.45) is 4.54. The largest absolute Gasteiger partial charge is 0.356 e. The van der Waals surface area contributed by atoms with Gasteiger partial charge in [-0.05, 0) is 56.8 Å².